The maximum atomic E-state index is 11.6. The minimum atomic E-state index is -0.296. The number of aryl methyl sites for hydroxylation is 1. The molecule has 0 spiro atoms. The normalized spacial score (nSPS) is 10.3. The summed E-state index contributed by atoms with van der Waals surface area (Å²) < 4.78 is 4.95. The number of hydrogen-bond donors (Lipinski definition) is 0. The van der Waals surface area contributed by atoms with Crippen molar-refractivity contribution in [2.24, 2.45) is 0 Å². The van der Waals surface area contributed by atoms with Crippen LogP contribution in [-0.4, -0.2) is 18.9 Å². The lowest BCUT2D eigenvalue weighted by Crippen LogP contribution is -2.07. The summed E-state index contributed by atoms with van der Waals surface area (Å²) in [6.07, 6.45) is 0.984. The van der Waals surface area contributed by atoms with Crippen LogP contribution in [0.2, 0.25) is 5.02 Å². The maximum Gasteiger partial charge on any atom is 0.310 e. The van der Waals surface area contributed by atoms with Gasteiger partial charge in [0, 0.05) is 10.6 Å². The van der Waals surface area contributed by atoms with Gasteiger partial charge >= 0.3 is 5.97 Å². The van der Waals surface area contributed by atoms with Crippen LogP contribution in [0.3, 0.4) is 0 Å². The minimum Gasteiger partial charge on any atom is -0.466 e. The van der Waals surface area contributed by atoms with Crippen molar-refractivity contribution >= 4 is 23.9 Å². The molecule has 114 valence electrons. The molecule has 2 rings (SSSR count). The van der Waals surface area contributed by atoms with Gasteiger partial charge in [-0.3, -0.25) is 9.59 Å². The van der Waals surface area contributed by atoms with Gasteiger partial charge in [0.1, 0.15) is 0 Å². The predicted octanol–water partition coefficient (Wildman–Crippen LogP) is 4.23. The number of ether oxygens (including phenoxy) is 1. The quantitative estimate of drug-likeness (QED) is 0.612. The van der Waals surface area contributed by atoms with Gasteiger partial charge in [-0.15, -0.1) is 0 Å². The van der Waals surface area contributed by atoms with Crippen LogP contribution >= 0.6 is 11.6 Å². The Morgan fingerprint density at radius 3 is 2.68 bits per heavy atom. The number of esters is 1. The number of carbonyl (C=O) groups is 2. The number of aldehydes is 1. The van der Waals surface area contributed by atoms with E-state index in [1.54, 1.807) is 19.1 Å². The van der Waals surface area contributed by atoms with Crippen molar-refractivity contribution < 1.29 is 14.3 Å². The van der Waals surface area contributed by atoms with Gasteiger partial charge in [0.05, 0.1) is 13.0 Å². The molecule has 0 aliphatic heterocycles. The summed E-state index contributed by atoms with van der Waals surface area (Å²) in [5.74, 6) is -0.296. The molecule has 0 N–H and O–H groups in total. The van der Waals surface area contributed by atoms with E-state index in [1.807, 2.05) is 31.2 Å². The molecule has 0 saturated heterocycles. The molecule has 0 fully saturated rings. The highest BCUT2D eigenvalue weighted by Crippen LogP contribution is 2.28. The van der Waals surface area contributed by atoms with Crippen molar-refractivity contribution in [3.63, 3.8) is 0 Å². The fourth-order valence-corrected chi connectivity index (χ4v) is 2.59. The summed E-state index contributed by atoms with van der Waals surface area (Å²) >= 11 is 6.15. The van der Waals surface area contributed by atoms with E-state index in [-0.39, 0.29) is 12.4 Å². The topological polar surface area (TPSA) is 43.4 Å². The van der Waals surface area contributed by atoms with Gasteiger partial charge in [-0.05, 0) is 48.7 Å². The van der Waals surface area contributed by atoms with Crippen LogP contribution in [0, 0.1) is 6.92 Å². The third-order valence-electron chi connectivity index (χ3n) is 3.26. The molecular weight excluding hydrogens is 300 g/mol. The molecule has 4 heteroatoms. The summed E-state index contributed by atoms with van der Waals surface area (Å²) in [5.41, 5.74) is 3.99. The van der Waals surface area contributed by atoms with Crippen LogP contribution in [0.5, 0.6) is 0 Å². The van der Waals surface area contributed by atoms with E-state index in [0.717, 1.165) is 28.5 Å². The van der Waals surface area contributed by atoms with Crippen LogP contribution < -0.4 is 0 Å². The third kappa shape index (κ3) is 3.95. The molecule has 0 atom stereocenters. The lowest BCUT2D eigenvalue weighted by Gasteiger charge is -2.10. The first kappa shape index (κ1) is 16.2. The van der Waals surface area contributed by atoms with Gasteiger partial charge in [-0.1, -0.05) is 35.4 Å². The summed E-state index contributed by atoms with van der Waals surface area (Å²) in [5, 5.41) is 0.522. The molecule has 3 nitrogen and oxygen atoms in total. The molecular formula is C18H17ClO3. The zero-order valence-electron chi connectivity index (χ0n) is 12.6. The Labute approximate surface area is 134 Å². The fraction of sp³-hybridized carbons (Fsp3) is 0.222. The molecule has 0 radical (unpaired) electrons. The molecule has 0 aromatic heterocycles. The zero-order valence-corrected chi connectivity index (χ0v) is 13.3. The summed E-state index contributed by atoms with van der Waals surface area (Å²) in [6.45, 7) is 4.05. The van der Waals surface area contributed by atoms with Crippen molar-refractivity contribution in [3.05, 3.63) is 58.1 Å². The van der Waals surface area contributed by atoms with Crippen LogP contribution in [0.1, 0.15) is 28.4 Å². The molecule has 22 heavy (non-hydrogen) atoms. The van der Waals surface area contributed by atoms with E-state index in [2.05, 4.69) is 0 Å². The Balaban J connectivity index is 2.42. The van der Waals surface area contributed by atoms with Gasteiger partial charge in [-0.2, -0.15) is 0 Å². The molecule has 0 unspecified atom stereocenters. The Kier molecular flexibility index (Phi) is 5.34. The van der Waals surface area contributed by atoms with Crippen LogP contribution in [0.15, 0.2) is 36.4 Å². The number of rotatable bonds is 5. The van der Waals surface area contributed by atoms with Crippen molar-refractivity contribution in [3.8, 4) is 11.1 Å². The maximum absolute atomic E-state index is 11.6. The van der Waals surface area contributed by atoms with Crippen LogP contribution in [0.4, 0.5) is 0 Å². The van der Waals surface area contributed by atoms with Gasteiger partial charge in [0.2, 0.25) is 0 Å². The van der Waals surface area contributed by atoms with Crippen molar-refractivity contribution in [1.29, 1.82) is 0 Å². The standard InChI is InChI=1S/C18H17ClO3/c1-3-22-18(21)9-13-7-14(10-16(19)8-13)17-5-4-12(2)6-15(17)11-20/h4-8,10-11H,3,9H2,1-2H3. The second-order valence-electron chi connectivity index (χ2n) is 5.04. The van der Waals surface area contributed by atoms with Crippen molar-refractivity contribution in [1.82, 2.24) is 0 Å². The monoisotopic (exact) mass is 316 g/mol. The van der Waals surface area contributed by atoms with Gasteiger partial charge in [-0.25, -0.2) is 0 Å². The molecule has 2 aromatic rings. The molecule has 0 heterocycles. The molecule has 0 aliphatic rings. The second-order valence-corrected chi connectivity index (χ2v) is 5.47. The lowest BCUT2D eigenvalue weighted by atomic mass is 9.96. The first-order valence-electron chi connectivity index (χ1n) is 7.04. The van der Waals surface area contributed by atoms with Gasteiger partial charge in [0.15, 0.2) is 6.29 Å². The smallest absolute Gasteiger partial charge is 0.310 e. The van der Waals surface area contributed by atoms with Gasteiger partial charge < -0.3 is 4.74 Å². The van der Waals surface area contributed by atoms with E-state index in [4.69, 9.17) is 16.3 Å². The fourth-order valence-electron chi connectivity index (χ4n) is 2.33. The average molecular weight is 317 g/mol. The molecule has 0 aliphatic carbocycles. The zero-order chi connectivity index (χ0) is 16.1. The second kappa shape index (κ2) is 7.23. The Morgan fingerprint density at radius 2 is 2.00 bits per heavy atom. The largest absolute Gasteiger partial charge is 0.466 e. The summed E-state index contributed by atoms with van der Waals surface area (Å²) in [6, 6.07) is 11.0. The van der Waals surface area contributed by atoms with Crippen molar-refractivity contribution in [2.45, 2.75) is 20.3 Å². The highest BCUT2D eigenvalue weighted by Gasteiger charge is 2.10. The van der Waals surface area contributed by atoms with E-state index < -0.39 is 0 Å². The SMILES string of the molecule is CCOC(=O)Cc1cc(Cl)cc(-c2ccc(C)cc2C=O)c1. The molecule has 0 amide bonds. The Morgan fingerprint density at radius 1 is 1.23 bits per heavy atom. The Bertz CT molecular complexity index is 707. The Hall–Kier alpha value is -2.13. The van der Waals surface area contributed by atoms with Crippen LogP contribution in [0.25, 0.3) is 11.1 Å². The first-order valence-corrected chi connectivity index (χ1v) is 7.42. The van der Waals surface area contributed by atoms with E-state index >= 15 is 0 Å². The number of halogens is 1. The van der Waals surface area contributed by atoms with Crippen molar-refractivity contribution in [2.75, 3.05) is 6.61 Å². The first-order chi connectivity index (χ1) is 10.5. The molecule has 0 bridgehead atoms. The van der Waals surface area contributed by atoms with Gasteiger partial charge in [0.25, 0.3) is 0 Å². The molecule has 2 aromatic carbocycles. The highest BCUT2D eigenvalue weighted by molar-refractivity contribution is 6.31. The van der Waals surface area contributed by atoms with E-state index in [0.29, 0.717) is 17.2 Å². The summed E-state index contributed by atoms with van der Waals surface area (Å²) in [4.78, 5) is 22.9. The molecule has 0 saturated carbocycles. The number of benzene rings is 2. The number of carbonyl (C=O) groups excluding carboxylic acids is 2. The summed E-state index contributed by atoms with van der Waals surface area (Å²) in [7, 11) is 0. The van der Waals surface area contributed by atoms with E-state index in [1.165, 1.54) is 0 Å². The average Bonchev–Trinajstić information content (AvgIpc) is 2.46. The third-order valence-corrected chi connectivity index (χ3v) is 3.47. The van der Waals surface area contributed by atoms with E-state index in [9.17, 15) is 9.59 Å². The number of hydrogen-bond acceptors (Lipinski definition) is 3. The minimum absolute atomic E-state index is 0.156. The predicted molar refractivity (Wildman–Crippen MR) is 87.3 cm³/mol. The van der Waals surface area contributed by atoms with Crippen LogP contribution in [-0.2, 0) is 16.0 Å². The lowest BCUT2D eigenvalue weighted by molar-refractivity contribution is -0.142. The highest BCUT2D eigenvalue weighted by atomic mass is 35.5.